The smallest absolute Gasteiger partial charge is 0.241 e. The molecule has 1 aromatic rings. The van der Waals surface area contributed by atoms with E-state index in [1.54, 1.807) is 33.1 Å². The lowest BCUT2D eigenvalue weighted by Gasteiger charge is -2.29. The van der Waals surface area contributed by atoms with Gasteiger partial charge < -0.3 is 10.5 Å². The van der Waals surface area contributed by atoms with Crippen molar-refractivity contribution in [3.05, 3.63) is 23.3 Å². The number of benzene rings is 1. The maximum absolute atomic E-state index is 12.8. The van der Waals surface area contributed by atoms with Gasteiger partial charge in [0.15, 0.2) is 0 Å². The number of hydrogen-bond acceptors (Lipinski definition) is 4. The van der Waals surface area contributed by atoms with Crippen LogP contribution >= 0.6 is 0 Å². The van der Waals surface area contributed by atoms with Crippen LogP contribution in [-0.2, 0) is 10.0 Å². The lowest BCUT2D eigenvalue weighted by atomic mass is 9.98. The zero-order valence-corrected chi connectivity index (χ0v) is 13.9. The van der Waals surface area contributed by atoms with Crippen LogP contribution in [0.2, 0.25) is 0 Å². The number of hydrogen-bond donors (Lipinski definition) is 2. The largest absolute Gasteiger partial charge is 0.497 e. The van der Waals surface area contributed by atoms with E-state index >= 15 is 0 Å². The van der Waals surface area contributed by atoms with Gasteiger partial charge in [-0.15, -0.1) is 0 Å². The summed E-state index contributed by atoms with van der Waals surface area (Å²) in [6.45, 7) is 5.74. The van der Waals surface area contributed by atoms with Gasteiger partial charge in [0.1, 0.15) is 5.75 Å². The predicted octanol–water partition coefficient (Wildman–Crippen LogP) is 1.72. The molecule has 0 radical (unpaired) electrons. The molecule has 0 heterocycles. The summed E-state index contributed by atoms with van der Waals surface area (Å²) in [5.74, 6) is 0.990. The molecular weight excluding hydrogens is 288 g/mol. The lowest BCUT2D eigenvalue weighted by molar-refractivity contribution is 0.374. The first-order valence-corrected chi connectivity index (χ1v) is 8.61. The average Bonchev–Trinajstić information content (AvgIpc) is 3.21. The van der Waals surface area contributed by atoms with E-state index in [-0.39, 0.29) is 0 Å². The number of nitrogens with two attached hydrogens (primary N) is 1. The number of rotatable bonds is 6. The van der Waals surface area contributed by atoms with Crippen LogP contribution in [0.5, 0.6) is 5.75 Å². The molecule has 5 nitrogen and oxygen atoms in total. The van der Waals surface area contributed by atoms with Gasteiger partial charge in [-0.05, 0) is 62.8 Å². The van der Waals surface area contributed by atoms with E-state index in [0.29, 0.717) is 34.2 Å². The Labute approximate surface area is 126 Å². The van der Waals surface area contributed by atoms with E-state index in [1.165, 1.54) is 0 Å². The molecule has 1 aliphatic rings. The number of ether oxygens (including phenoxy) is 1. The second-order valence-corrected chi connectivity index (χ2v) is 7.71. The van der Waals surface area contributed by atoms with Crippen LogP contribution in [0, 0.1) is 19.8 Å². The van der Waals surface area contributed by atoms with Crippen LogP contribution in [0.4, 0.5) is 0 Å². The van der Waals surface area contributed by atoms with Gasteiger partial charge in [-0.1, -0.05) is 0 Å². The molecule has 0 saturated heterocycles. The maximum atomic E-state index is 12.8. The van der Waals surface area contributed by atoms with E-state index in [2.05, 4.69) is 4.72 Å². The van der Waals surface area contributed by atoms with E-state index in [1.807, 2.05) is 6.92 Å². The predicted molar refractivity (Wildman–Crippen MR) is 83.0 cm³/mol. The topological polar surface area (TPSA) is 81.4 Å². The molecule has 1 fully saturated rings. The van der Waals surface area contributed by atoms with Crippen molar-refractivity contribution in [2.24, 2.45) is 11.7 Å². The Kier molecular flexibility index (Phi) is 4.33. The van der Waals surface area contributed by atoms with Gasteiger partial charge in [0.2, 0.25) is 10.0 Å². The van der Waals surface area contributed by atoms with Gasteiger partial charge in [-0.25, -0.2) is 13.1 Å². The minimum atomic E-state index is -3.61. The fraction of sp³-hybridized carbons (Fsp3) is 0.600. The van der Waals surface area contributed by atoms with Crippen molar-refractivity contribution in [2.45, 2.75) is 44.0 Å². The molecule has 0 spiro atoms. The van der Waals surface area contributed by atoms with Gasteiger partial charge in [-0.2, -0.15) is 0 Å². The summed E-state index contributed by atoms with van der Waals surface area (Å²) in [6.07, 6.45) is 2.05. The summed E-state index contributed by atoms with van der Waals surface area (Å²) in [5.41, 5.74) is 6.59. The van der Waals surface area contributed by atoms with Gasteiger partial charge >= 0.3 is 0 Å². The Balaban J connectivity index is 2.40. The Morgan fingerprint density at radius 3 is 2.24 bits per heavy atom. The fourth-order valence-electron chi connectivity index (χ4n) is 2.82. The molecule has 1 unspecified atom stereocenters. The summed E-state index contributed by atoms with van der Waals surface area (Å²) in [5, 5.41) is 0. The Morgan fingerprint density at radius 2 is 1.86 bits per heavy atom. The van der Waals surface area contributed by atoms with Crippen molar-refractivity contribution in [1.29, 1.82) is 0 Å². The van der Waals surface area contributed by atoms with Crippen molar-refractivity contribution in [3.8, 4) is 5.75 Å². The van der Waals surface area contributed by atoms with Gasteiger partial charge in [0.25, 0.3) is 0 Å². The van der Waals surface area contributed by atoms with Gasteiger partial charge in [-0.3, -0.25) is 0 Å². The highest BCUT2D eigenvalue weighted by Crippen LogP contribution is 2.40. The molecule has 6 heteroatoms. The molecule has 118 valence electrons. The zero-order chi connectivity index (χ0) is 15.8. The zero-order valence-electron chi connectivity index (χ0n) is 13.1. The normalized spacial score (nSPS) is 18.3. The average molecular weight is 312 g/mol. The molecule has 0 aromatic heterocycles. The third kappa shape index (κ3) is 3.22. The first-order valence-electron chi connectivity index (χ1n) is 7.13. The van der Waals surface area contributed by atoms with Gasteiger partial charge in [0.05, 0.1) is 12.0 Å². The van der Waals surface area contributed by atoms with Crippen LogP contribution in [0.25, 0.3) is 0 Å². The van der Waals surface area contributed by atoms with Gasteiger partial charge in [0, 0.05) is 12.1 Å². The Hall–Kier alpha value is -1.11. The molecule has 3 N–H and O–H groups in total. The Bertz CT molecular complexity index is 615. The summed E-state index contributed by atoms with van der Waals surface area (Å²) < 4.78 is 33.5. The van der Waals surface area contributed by atoms with E-state index in [9.17, 15) is 8.42 Å². The molecule has 0 amide bonds. The van der Waals surface area contributed by atoms with Crippen molar-refractivity contribution in [1.82, 2.24) is 4.72 Å². The molecular formula is C15H24N2O3S. The van der Waals surface area contributed by atoms with E-state index < -0.39 is 15.6 Å². The molecule has 1 saturated carbocycles. The van der Waals surface area contributed by atoms with E-state index in [4.69, 9.17) is 10.5 Å². The first-order chi connectivity index (χ1) is 9.73. The molecule has 0 bridgehead atoms. The lowest BCUT2D eigenvalue weighted by Crippen LogP contribution is -2.53. The highest BCUT2D eigenvalue weighted by Gasteiger charge is 2.43. The van der Waals surface area contributed by atoms with Crippen LogP contribution in [-0.4, -0.2) is 27.6 Å². The quantitative estimate of drug-likeness (QED) is 0.838. The fourth-order valence-corrected chi connectivity index (χ4v) is 4.75. The van der Waals surface area contributed by atoms with E-state index in [0.717, 1.165) is 12.8 Å². The number of methoxy groups -OCH3 is 1. The highest BCUT2D eigenvalue weighted by atomic mass is 32.2. The highest BCUT2D eigenvalue weighted by molar-refractivity contribution is 7.89. The van der Waals surface area contributed by atoms with Crippen molar-refractivity contribution in [3.63, 3.8) is 0 Å². The standard InChI is InChI=1S/C15H24N2O3S/c1-10-7-13(20-4)8-11(2)14(10)21(18,19)17-15(3,9-16)12-5-6-12/h7-8,12,17H,5-6,9,16H2,1-4H3. The number of nitrogens with one attached hydrogen (secondary N) is 1. The van der Waals surface area contributed by atoms with Crippen molar-refractivity contribution >= 4 is 10.0 Å². The Morgan fingerprint density at radius 1 is 1.33 bits per heavy atom. The first kappa shape index (κ1) is 16.3. The summed E-state index contributed by atoms with van der Waals surface area (Å²) in [6, 6.07) is 3.47. The minimum absolute atomic E-state index is 0.297. The summed E-state index contributed by atoms with van der Waals surface area (Å²) >= 11 is 0. The third-order valence-electron chi connectivity index (χ3n) is 4.21. The molecule has 1 aromatic carbocycles. The molecule has 2 rings (SSSR count). The molecule has 21 heavy (non-hydrogen) atoms. The van der Waals surface area contributed by atoms with Crippen LogP contribution < -0.4 is 15.2 Å². The van der Waals surface area contributed by atoms with Crippen molar-refractivity contribution in [2.75, 3.05) is 13.7 Å². The number of sulfonamides is 1. The molecule has 0 aliphatic heterocycles. The second kappa shape index (κ2) is 5.59. The third-order valence-corrected chi connectivity index (χ3v) is 6.12. The minimum Gasteiger partial charge on any atom is -0.497 e. The maximum Gasteiger partial charge on any atom is 0.241 e. The van der Waals surface area contributed by atoms with Crippen LogP contribution in [0.1, 0.15) is 30.9 Å². The SMILES string of the molecule is COc1cc(C)c(S(=O)(=O)NC(C)(CN)C2CC2)c(C)c1. The summed E-state index contributed by atoms with van der Waals surface area (Å²) in [7, 11) is -2.04. The monoisotopic (exact) mass is 312 g/mol. The second-order valence-electron chi connectivity index (χ2n) is 6.09. The number of aryl methyl sites for hydroxylation is 2. The molecule has 1 aliphatic carbocycles. The van der Waals surface area contributed by atoms with Crippen LogP contribution in [0.3, 0.4) is 0 Å². The molecule has 1 atom stereocenters. The summed E-state index contributed by atoms with van der Waals surface area (Å²) in [4.78, 5) is 0.323. The van der Waals surface area contributed by atoms with Crippen LogP contribution in [0.15, 0.2) is 17.0 Å². The van der Waals surface area contributed by atoms with Crippen molar-refractivity contribution < 1.29 is 13.2 Å².